The molecule has 12 N–H and O–H groups in total. The van der Waals surface area contributed by atoms with Crippen molar-refractivity contribution in [1.82, 2.24) is 26.6 Å². The van der Waals surface area contributed by atoms with Gasteiger partial charge in [0.15, 0.2) is 0 Å². The molecule has 0 aliphatic rings. The molecular formula is C23H43N7O13S. The standard InChI is InChI=1S/C23H43N7O13S/c24-5-6-26-20(34)11-28-19(33)3-1-15(12-31)29-21(35)13-43-10-9-42-8-7-27-18(32)4-2-17(23(37)38)30-22(36)16(25)14-44(39,40)41/h15-17,31H,1-14,24-25H2,(H,26,34)(H,27,32)(H,28,33)(H,29,35)(H,30,36)(H,37,38)(H,39,40,41). The zero-order valence-corrected chi connectivity index (χ0v) is 24.9. The van der Waals surface area contributed by atoms with Crippen LogP contribution in [0.4, 0.5) is 0 Å². The second-order valence-electron chi connectivity index (χ2n) is 9.21. The van der Waals surface area contributed by atoms with Crippen LogP contribution in [0.2, 0.25) is 0 Å². The van der Waals surface area contributed by atoms with Crippen LogP contribution in [-0.4, -0.2) is 142 Å². The quantitative estimate of drug-likeness (QED) is 0.0323. The third kappa shape index (κ3) is 22.1. The lowest BCUT2D eigenvalue weighted by atomic mass is 10.1. The molecule has 0 aliphatic heterocycles. The molecule has 3 atom stereocenters. The first kappa shape index (κ1) is 40.5. The molecule has 0 heterocycles. The van der Waals surface area contributed by atoms with Crippen LogP contribution in [0.1, 0.15) is 25.7 Å². The molecule has 0 fully saturated rings. The maximum atomic E-state index is 12.0. The summed E-state index contributed by atoms with van der Waals surface area (Å²) < 4.78 is 40.8. The Balaban J connectivity index is 4.05. The van der Waals surface area contributed by atoms with Gasteiger partial charge in [-0.15, -0.1) is 0 Å². The summed E-state index contributed by atoms with van der Waals surface area (Å²) in [4.78, 5) is 70.4. The van der Waals surface area contributed by atoms with E-state index < -0.39 is 70.2 Å². The first-order valence-electron chi connectivity index (χ1n) is 13.5. The average Bonchev–Trinajstić information content (AvgIpc) is 2.95. The summed E-state index contributed by atoms with van der Waals surface area (Å²) >= 11 is 0. The molecule has 0 aromatic carbocycles. The first-order valence-corrected chi connectivity index (χ1v) is 15.1. The fourth-order valence-corrected chi connectivity index (χ4v) is 3.78. The highest BCUT2D eigenvalue weighted by Crippen LogP contribution is 2.00. The van der Waals surface area contributed by atoms with Gasteiger partial charge in [-0.2, -0.15) is 8.42 Å². The van der Waals surface area contributed by atoms with Gasteiger partial charge in [0.25, 0.3) is 10.1 Å². The lowest BCUT2D eigenvalue weighted by Crippen LogP contribution is -2.51. The van der Waals surface area contributed by atoms with E-state index in [9.17, 15) is 47.4 Å². The number of hydrogen-bond acceptors (Lipinski definition) is 13. The third-order valence-corrected chi connectivity index (χ3v) is 6.17. The molecule has 0 aliphatic carbocycles. The molecule has 20 nitrogen and oxygen atoms in total. The highest BCUT2D eigenvalue weighted by molar-refractivity contribution is 7.85. The topological polar surface area (TPSA) is 328 Å². The van der Waals surface area contributed by atoms with E-state index in [-0.39, 0.29) is 84.2 Å². The second kappa shape index (κ2) is 23.0. The van der Waals surface area contributed by atoms with Crippen molar-refractivity contribution in [2.45, 2.75) is 43.8 Å². The van der Waals surface area contributed by atoms with Gasteiger partial charge in [-0.3, -0.25) is 28.5 Å². The summed E-state index contributed by atoms with van der Waals surface area (Å²) in [5.41, 5.74) is 10.6. The number of aliphatic carboxylic acids is 1. The summed E-state index contributed by atoms with van der Waals surface area (Å²) in [6, 6.07) is -3.93. The minimum absolute atomic E-state index is 0.0273. The number of ether oxygens (including phenoxy) is 2. The predicted octanol–water partition coefficient (Wildman–Crippen LogP) is -5.85. The van der Waals surface area contributed by atoms with Gasteiger partial charge in [-0.25, -0.2) is 4.79 Å². The molecule has 5 amide bonds. The second-order valence-corrected chi connectivity index (χ2v) is 10.7. The molecule has 0 radical (unpaired) electrons. The molecule has 0 spiro atoms. The Morgan fingerprint density at radius 3 is 2.02 bits per heavy atom. The Labute approximate surface area is 254 Å². The number of amides is 5. The molecule has 44 heavy (non-hydrogen) atoms. The lowest BCUT2D eigenvalue weighted by Gasteiger charge is -2.17. The van der Waals surface area contributed by atoms with E-state index in [1.54, 1.807) is 0 Å². The summed E-state index contributed by atoms with van der Waals surface area (Å²) in [5, 5.41) is 30.5. The highest BCUT2D eigenvalue weighted by Gasteiger charge is 2.26. The summed E-state index contributed by atoms with van der Waals surface area (Å²) in [7, 11) is -4.56. The van der Waals surface area contributed by atoms with Gasteiger partial charge in [0.2, 0.25) is 29.5 Å². The Morgan fingerprint density at radius 2 is 1.41 bits per heavy atom. The van der Waals surface area contributed by atoms with Crippen LogP contribution in [-0.2, 0) is 48.4 Å². The van der Waals surface area contributed by atoms with E-state index in [0.717, 1.165) is 0 Å². The molecule has 0 aromatic rings. The number of carbonyl (C=O) groups excluding carboxylic acids is 5. The van der Waals surface area contributed by atoms with E-state index in [1.165, 1.54) is 0 Å². The Morgan fingerprint density at radius 1 is 0.795 bits per heavy atom. The van der Waals surface area contributed by atoms with Crippen LogP contribution in [0.25, 0.3) is 0 Å². The average molecular weight is 658 g/mol. The van der Waals surface area contributed by atoms with Crippen LogP contribution in [0.5, 0.6) is 0 Å². The van der Waals surface area contributed by atoms with Crippen molar-refractivity contribution in [3.63, 3.8) is 0 Å². The van der Waals surface area contributed by atoms with Crippen molar-refractivity contribution < 1.29 is 61.4 Å². The summed E-state index contributed by atoms with van der Waals surface area (Å²) in [6.45, 7) is -0.190. The molecule has 0 bridgehead atoms. The van der Waals surface area contributed by atoms with Crippen molar-refractivity contribution >= 4 is 45.6 Å². The molecule has 21 heteroatoms. The van der Waals surface area contributed by atoms with Gasteiger partial charge in [0.05, 0.1) is 44.8 Å². The third-order valence-electron chi connectivity index (χ3n) is 5.39. The number of rotatable bonds is 25. The smallest absolute Gasteiger partial charge is 0.326 e. The number of hydrogen-bond donors (Lipinski definition) is 10. The number of aliphatic hydroxyl groups excluding tert-OH is 1. The molecule has 254 valence electrons. The van der Waals surface area contributed by atoms with Crippen molar-refractivity contribution in [2.75, 3.05) is 65.0 Å². The lowest BCUT2D eigenvalue weighted by molar-refractivity contribution is -0.142. The Kier molecular flexibility index (Phi) is 21.2. The van der Waals surface area contributed by atoms with Gasteiger partial charge in [-0.05, 0) is 12.8 Å². The number of carbonyl (C=O) groups is 6. The highest BCUT2D eigenvalue weighted by atomic mass is 32.2. The summed E-state index contributed by atoms with van der Waals surface area (Å²) in [5.74, 6) is -5.60. The first-order chi connectivity index (χ1) is 20.7. The molecule has 3 unspecified atom stereocenters. The van der Waals surface area contributed by atoms with Gasteiger partial charge in [0.1, 0.15) is 18.7 Å². The van der Waals surface area contributed by atoms with Crippen molar-refractivity contribution in [3.8, 4) is 0 Å². The van der Waals surface area contributed by atoms with Gasteiger partial charge >= 0.3 is 5.97 Å². The Hall–Kier alpha value is -3.47. The number of aliphatic hydroxyl groups is 1. The maximum absolute atomic E-state index is 12.0. The van der Waals surface area contributed by atoms with E-state index in [2.05, 4.69) is 21.3 Å². The van der Waals surface area contributed by atoms with Crippen molar-refractivity contribution in [1.29, 1.82) is 0 Å². The van der Waals surface area contributed by atoms with Crippen LogP contribution in [0.15, 0.2) is 0 Å². The largest absolute Gasteiger partial charge is 0.480 e. The van der Waals surface area contributed by atoms with Crippen molar-refractivity contribution in [2.24, 2.45) is 11.5 Å². The Bertz CT molecular complexity index is 1050. The van der Waals surface area contributed by atoms with Crippen LogP contribution in [0, 0.1) is 0 Å². The number of nitrogens with one attached hydrogen (secondary N) is 5. The van der Waals surface area contributed by atoms with E-state index >= 15 is 0 Å². The number of nitrogens with two attached hydrogens (primary N) is 2. The fraction of sp³-hybridized carbons (Fsp3) is 0.739. The zero-order chi connectivity index (χ0) is 33.5. The maximum Gasteiger partial charge on any atom is 0.326 e. The number of carboxylic acid groups (broad SMARTS) is 1. The van der Waals surface area contributed by atoms with Gasteiger partial charge in [0, 0.05) is 32.5 Å². The normalized spacial score (nSPS) is 13.2. The fourth-order valence-electron chi connectivity index (χ4n) is 3.18. The van der Waals surface area contributed by atoms with Crippen LogP contribution >= 0.6 is 0 Å². The molecule has 0 rings (SSSR count). The van der Waals surface area contributed by atoms with E-state index in [1.807, 2.05) is 5.32 Å². The monoisotopic (exact) mass is 657 g/mol. The predicted molar refractivity (Wildman–Crippen MR) is 151 cm³/mol. The summed E-state index contributed by atoms with van der Waals surface area (Å²) in [6.07, 6.45) is -0.522. The van der Waals surface area contributed by atoms with E-state index in [4.69, 9.17) is 25.5 Å². The molecule has 0 aromatic heterocycles. The van der Waals surface area contributed by atoms with E-state index in [0.29, 0.717) is 0 Å². The van der Waals surface area contributed by atoms with Crippen LogP contribution < -0.4 is 38.1 Å². The van der Waals surface area contributed by atoms with Gasteiger partial charge < -0.3 is 57.7 Å². The van der Waals surface area contributed by atoms with Crippen LogP contribution in [0.3, 0.4) is 0 Å². The zero-order valence-electron chi connectivity index (χ0n) is 24.1. The minimum atomic E-state index is -4.56. The molecule has 0 saturated heterocycles. The van der Waals surface area contributed by atoms with Crippen molar-refractivity contribution in [3.05, 3.63) is 0 Å². The minimum Gasteiger partial charge on any atom is -0.480 e. The van der Waals surface area contributed by atoms with Gasteiger partial charge in [-0.1, -0.05) is 0 Å². The number of carboxylic acids is 1. The molecular weight excluding hydrogens is 614 g/mol. The molecule has 0 saturated carbocycles. The SMILES string of the molecule is NCCNC(=O)CNC(=O)CCC(CO)NC(=O)COCCOCCNC(=O)CCC(NC(=O)C(N)CS(=O)(=O)O)C(=O)O.